The smallest absolute Gasteiger partial charge is 0.0297 e. The molecule has 0 amide bonds. The molecule has 2 saturated carbocycles. The molecule has 0 aromatic carbocycles. The van der Waals surface area contributed by atoms with Crippen LogP contribution in [0.4, 0.5) is 0 Å². The molecule has 0 N–H and O–H groups in total. The summed E-state index contributed by atoms with van der Waals surface area (Å²) in [4.78, 5) is 0. The summed E-state index contributed by atoms with van der Waals surface area (Å²) in [6.45, 7) is 8.80. The molecule has 0 unspecified atom stereocenters. The lowest BCUT2D eigenvalue weighted by Crippen LogP contribution is -2.26. The van der Waals surface area contributed by atoms with Crippen molar-refractivity contribution in [1.82, 2.24) is 0 Å². The van der Waals surface area contributed by atoms with Gasteiger partial charge in [0.05, 0.1) is 0 Å². The number of hydrogen-bond donors (Lipinski definition) is 0. The normalized spacial score (nSPS) is 25.4. The predicted octanol–water partition coefficient (Wildman–Crippen LogP) is 5.42. The molecule has 0 bridgehead atoms. The van der Waals surface area contributed by atoms with Crippen molar-refractivity contribution in [3.8, 4) is 0 Å². The maximum absolute atomic E-state index is 2.40. The van der Waals surface area contributed by atoms with Crippen molar-refractivity contribution >= 4 is 0 Å². The van der Waals surface area contributed by atoms with Crippen molar-refractivity contribution in [1.29, 1.82) is 0 Å². The van der Waals surface area contributed by atoms with Gasteiger partial charge in [-0.3, -0.25) is 0 Å². The highest BCUT2D eigenvalue weighted by Gasteiger charge is 2.37. The van der Waals surface area contributed by atoms with Gasteiger partial charge in [0.1, 0.15) is 0 Å². The van der Waals surface area contributed by atoms with E-state index in [0.717, 1.165) is 17.3 Å². The minimum Gasteiger partial charge on any atom is -0.0683 e. The quantitative estimate of drug-likeness (QED) is 0.542. The summed E-state index contributed by atoms with van der Waals surface area (Å²) >= 11 is 0. The van der Waals surface area contributed by atoms with Gasteiger partial charge in [0, 0.05) is 0 Å². The Morgan fingerprint density at radius 2 is 1.33 bits per heavy atom. The van der Waals surface area contributed by atoms with Crippen LogP contribution >= 0.6 is 0 Å². The van der Waals surface area contributed by atoms with Crippen LogP contribution in [0.25, 0.3) is 0 Å². The van der Waals surface area contributed by atoms with Gasteiger partial charge in [-0.2, -0.15) is 0 Å². The summed E-state index contributed by atoms with van der Waals surface area (Å²) in [7, 11) is 0. The number of rotatable bonds is 1. The van der Waals surface area contributed by atoms with Gasteiger partial charge >= 0.3 is 0 Å². The third-order valence-electron chi connectivity index (χ3n) is 4.70. The van der Waals surface area contributed by atoms with Gasteiger partial charge in [0.2, 0.25) is 0 Å². The zero-order chi connectivity index (χ0) is 11.3. The van der Waals surface area contributed by atoms with E-state index in [1.165, 1.54) is 25.7 Å². The van der Waals surface area contributed by atoms with E-state index in [1.54, 1.807) is 25.7 Å². The molecule has 15 heavy (non-hydrogen) atoms. The molecule has 0 atom stereocenters. The molecule has 2 aliphatic carbocycles. The summed E-state index contributed by atoms with van der Waals surface area (Å²) in [5.41, 5.74) is 0.839. The van der Waals surface area contributed by atoms with Crippen molar-refractivity contribution in [2.24, 2.45) is 17.3 Å². The molecule has 1 spiro atoms. The predicted molar refractivity (Wildman–Crippen MR) is 69.0 cm³/mol. The van der Waals surface area contributed by atoms with Crippen LogP contribution in [0.2, 0.25) is 0 Å². The van der Waals surface area contributed by atoms with E-state index < -0.39 is 0 Å². The first-order valence-corrected chi connectivity index (χ1v) is 7.22. The molecule has 0 heteroatoms. The Morgan fingerprint density at radius 1 is 0.867 bits per heavy atom. The monoisotopic (exact) mass is 210 g/mol. The van der Waals surface area contributed by atoms with E-state index in [9.17, 15) is 0 Å². The fourth-order valence-electron chi connectivity index (χ4n) is 3.54. The maximum atomic E-state index is 2.40. The van der Waals surface area contributed by atoms with E-state index in [4.69, 9.17) is 0 Å². The van der Waals surface area contributed by atoms with Crippen molar-refractivity contribution < 1.29 is 0 Å². The molecule has 0 nitrogen and oxygen atoms in total. The Kier molecular flexibility index (Phi) is 5.15. The summed E-state index contributed by atoms with van der Waals surface area (Å²) in [6, 6.07) is 0. The highest BCUT2D eigenvalue weighted by Crippen LogP contribution is 2.51. The highest BCUT2D eigenvalue weighted by atomic mass is 14.4. The third-order valence-corrected chi connectivity index (χ3v) is 4.70. The standard InChI is InChI=1S/C13H24.C2H6/c1-11(2)12-5-9-13(10-6-12)7-3-4-8-13;1-2/h11-12H,3-10H2,1-2H3;1-2H3. The lowest BCUT2D eigenvalue weighted by molar-refractivity contribution is 0.132. The summed E-state index contributed by atoms with van der Waals surface area (Å²) < 4.78 is 0. The lowest BCUT2D eigenvalue weighted by Gasteiger charge is -2.38. The van der Waals surface area contributed by atoms with Gasteiger partial charge in [0.25, 0.3) is 0 Å². The van der Waals surface area contributed by atoms with Crippen molar-refractivity contribution in [3.05, 3.63) is 0 Å². The first-order valence-electron chi connectivity index (χ1n) is 7.22. The zero-order valence-corrected chi connectivity index (χ0v) is 11.3. The first-order chi connectivity index (χ1) is 7.22. The minimum absolute atomic E-state index is 0.839. The Labute approximate surface area is 96.8 Å². The molecule has 0 aliphatic heterocycles. The fraction of sp³-hybridized carbons (Fsp3) is 1.00. The Hall–Kier alpha value is 0. The average Bonchev–Trinajstić information content (AvgIpc) is 2.70. The van der Waals surface area contributed by atoms with E-state index in [-0.39, 0.29) is 0 Å². The van der Waals surface area contributed by atoms with Crippen LogP contribution in [-0.2, 0) is 0 Å². The van der Waals surface area contributed by atoms with Gasteiger partial charge in [-0.05, 0) is 55.8 Å². The molecule has 2 rings (SSSR count). The molecule has 90 valence electrons. The van der Waals surface area contributed by atoms with Crippen LogP contribution in [0.5, 0.6) is 0 Å². The highest BCUT2D eigenvalue weighted by molar-refractivity contribution is 4.89. The van der Waals surface area contributed by atoms with E-state index in [0.29, 0.717) is 0 Å². The summed E-state index contributed by atoms with van der Waals surface area (Å²) in [5, 5.41) is 0. The summed E-state index contributed by atoms with van der Waals surface area (Å²) in [5.74, 6) is 1.98. The van der Waals surface area contributed by atoms with Crippen LogP contribution in [0, 0.1) is 17.3 Å². The minimum atomic E-state index is 0.839. The topological polar surface area (TPSA) is 0 Å². The number of hydrogen-bond acceptors (Lipinski definition) is 0. The van der Waals surface area contributed by atoms with Crippen LogP contribution in [0.15, 0.2) is 0 Å². The van der Waals surface area contributed by atoms with Gasteiger partial charge < -0.3 is 0 Å². The van der Waals surface area contributed by atoms with Gasteiger partial charge in [0.15, 0.2) is 0 Å². The molecule has 2 aliphatic rings. The van der Waals surface area contributed by atoms with E-state index in [2.05, 4.69) is 13.8 Å². The average molecular weight is 210 g/mol. The molecule has 2 fully saturated rings. The molecule has 0 saturated heterocycles. The molecule has 0 aromatic heterocycles. The third kappa shape index (κ3) is 3.23. The second-order valence-corrected chi connectivity index (χ2v) is 5.79. The maximum Gasteiger partial charge on any atom is -0.0297 e. The Balaban J connectivity index is 0.000000531. The molecular weight excluding hydrogens is 180 g/mol. The molecule has 0 aromatic rings. The van der Waals surface area contributed by atoms with Crippen LogP contribution < -0.4 is 0 Å². The van der Waals surface area contributed by atoms with Crippen molar-refractivity contribution in [2.45, 2.75) is 79.1 Å². The van der Waals surface area contributed by atoms with Crippen molar-refractivity contribution in [3.63, 3.8) is 0 Å². The Morgan fingerprint density at radius 3 is 1.73 bits per heavy atom. The first kappa shape index (κ1) is 13.1. The van der Waals surface area contributed by atoms with Crippen LogP contribution in [0.3, 0.4) is 0 Å². The lowest BCUT2D eigenvalue weighted by atomic mass is 9.67. The summed E-state index contributed by atoms with van der Waals surface area (Å²) in [6.07, 6.45) is 12.3. The van der Waals surface area contributed by atoms with Crippen molar-refractivity contribution in [2.75, 3.05) is 0 Å². The molecular formula is C15H30. The SMILES string of the molecule is CC.CC(C)C1CCC2(CCCC2)CC1. The Bertz CT molecular complexity index is 153. The fourth-order valence-corrected chi connectivity index (χ4v) is 3.54. The van der Waals surface area contributed by atoms with E-state index >= 15 is 0 Å². The van der Waals surface area contributed by atoms with Crippen LogP contribution in [0.1, 0.15) is 79.1 Å². The van der Waals surface area contributed by atoms with E-state index in [1.807, 2.05) is 13.8 Å². The van der Waals surface area contributed by atoms with Gasteiger partial charge in [-0.1, -0.05) is 40.5 Å². The largest absolute Gasteiger partial charge is 0.0683 e. The second kappa shape index (κ2) is 5.92. The molecule has 0 radical (unpaired) electrons. The van der Waals surface area contributed by atoms with Gasteiger partial charge in [-0.25, -0.2) is 0 Å². The zero-order valence-electron chi connectivity index (χ0n) is 11.3. The van der Waals surface area contributed by atoms with Crippen LogP contribution in [-0.4, -0.2) is 0 Å². The molecule has 0 heterocycles. The second-order valence-electron chi connectivity index (χ2n) is 5.79. The van der Waals surface area contributed by atoms with Gasteiger partial charge in [-0.15, -0.1) is 0 Å².